The molecule has 1 N–H and O–H groups in total. The van der Waals surface area contributed by atoms with Crippen LogP contribution in [0, 0.1) is 15.9 Å². The van der Waals surface area contributed by atoms with Crippen molar-refractivity contribution in [2.75, 3.05) is 0 Å². The summed E-state index contributed by atoms with van der Waals surface area (Å²) < 4.78 is 39.6. The second kappa shape index (κ2) is 6.07. The molecule has 0 aliphatic rings. The van der Waals surface area contributed by atoms with Gasteiger partial charge in [-0.2, -0.15) is 4.39 Å². The fourth-order valence-electron chi connectivity index (χ4n) is 1.63. The first kappa shape index (κ1) is 15.5. The van der Waals surface area contributed by atoms with Crippen molar-refractivity contribution in [1.82, 2.24) is 4.72 Å². The van der Waals surface area contributed by atoms with Crippen molar-refractivity contribution in [2.45, 2.75) is 37.6 Å². The third-order valence-electron chi connectivity index (χ3n) is 2.50. The topological polar surface area (TPSA) is 89.3 Å². The zero-order valence-electron chi connectivity index (χ0n) is 10.6. The smallest absolute Gasteiger partial charge is 0.258 e. The summed E-state index contributed by atoms with van der Waals surface area (Å²) in [5.74, 6) is -1.17. The van der Waals surface area contributed by atoms with Gasteiger partial charge in [0, 0.05) is 18.2 Å². The minimum Gasteiger partial charge on any atom is -0.258 e. The summed E-state index contributed by atoms with van der Waals surface area (Å²) in [4.78, 5) is 9.22. The Bertz CT molecular complexity index is 574. The summed E-state index contributed by atoms with van der Waals surface area (Å²) in [5, 5.41) is 10.4. The molecule has 0 saturated heterocycles. The fraction of sp³-hybridized carbons (Fsp3) is 0.455. The van der Waals surface area contributed by atoms with E-state index in [1.54, 1.807) is 6.92 Å². The molecular formula is C11H15FN2O4S. The van der Waals surface area contributed by atoms with Gasteiger partial charge in [0.2, 0.25) is 15.8 Å². The Labute approximate surface area is 110 Å². The predicted octanol–water partition coefficient (Wildman–Crippen LogP) is 2.20. The highest BCUT2D eigenvalue weighted by Crippen LogP contribution is 2.21. The third-order valence-corrected chi connectivity index (χ3v) is 4.09. The highest BCUT2D eigenvalue weighted by molar-refractivity contribution is 7.89. The first-order valence-electron chi connectivity index (χ1n) is 5.74. The van der Waals surface area contributed by atoms with E-state index in [4.69, 9.17) is 0 Å². The van der Waals surface area contributed by atoms with Crippen molar-refractivity contribution in [1.29, 1.82) is 0 Å². The molecule has 0 saturated carbocycles. The molecule has 0 aliphatic carbocycles. The molecule has 1 unspecified atom stereocenters. The van der Waals surface area contributed by atoms with E-state index in [1.807, 2.05) is 6.92 Å². The second-order valence-electron chi connectivity index (χ2n) is 4.18. The van der Waals surface area contributed by atoms with E-state index in [0.717, 1.165) is 18.6 Å². The van der Waals surface area contributed by atoms with E-state index in [9.17, 15) is 22.9 Å². The van der Waals surface area contributed by atoms with Gasteiger partial charge in [0.1, 0.15) is 0 Å². The van der Waals surface area contributed by atoms with Crippen LogP contribution in [0.25, 0.3) is 0 Å². The Kier molecular flexibility index (Phi) is 4.96. The van der Waals surface area contributed by atoms with Gasteiger partial charge in [-0.1, -0.05) is 13.3 Å². The number of nitrogens with zero attached hydrogens (tertiary/aromatic N) is 1. The average molecular weight is 290 g/mol. The van der Waals surface area contributed by atoms with E-state index >= 15 is 0 Å². The maximum atomic E-state index is 13.4. The van der Waals surface area contributed by atoms with E-state index in [-0.39, 0.29) is 10.9 Å². The normalized spacial score (nSPS) is 13.2. The number of nitro groups is 1. The van der Waals surface area contributed by atoms with Gasteiger partial charge in [-0.05, 0) is 19.4 Å². The van der Waals surface area contributed by atoms with Crippen LogP contribution < -0.4 is 4.72 Å². The van der Waals surface area contributed by atoms with Gasteiger partial charge in [-0.25, -0.2) is 13.1 Å². The maximum Gasteiger partial charge on any atom is 0.304 e. The molecule has 1 rings (SSSR count). The number of rotatable bonds is 6. The SMILES string of the molecule is CCCC(C)NS(=O)(=O)c1ccc([N+](=O)[O-])c(F)c1. The molecule has 0 heterocycles. The van der Waals surface area contributed by atoms with Crippen molar-refractivity contribution >= 4 is 15.7 Å². The first-order chi connectivity index (χ1) is 8.77. The quantitative estimate of drug-likeness (QED) is 0.642. The lowest BCUT2D eigenvalue weighted by atomic mass is 10.2. The molecule has 0 fully saturated rings. The molecule has 1 aromatic rings. The highest BCUT2D eigenvalue weighted by atomic mass is 32.2. The molecule has 0 radical (unpaired) electrons. The van der Waals surface area contributed by atoms with Gasteiger partial charge in [0.15, 0.2) is 0 Å². The lowest BCUT2D eigenvalue weighted by Gasteiger charge is -2.13. The monoisotopic (exact) mass is 290 g/mol. The van der Waals surface area contributed by atoms with Crippen molar-refractivity contribution in [3.05, 3.63) is 34.1 Å². The molecule has 0 aromatic heterocycles. The zero-order valence-corrected chi connectivity index (χ0v) is 11.4. The average Bonchev–Trinajstić information content (AvgIpc) is 2.27. The molecule has 0 spiro atoms. The summed E-state index contributed by atoms with van der Waals surface area (Å²) in [7, 11) is -3.86. The standard InChI is InChI=1S/C11H15FN2O4S/c1-3-4-8(2)13-19(17,18)9-5-6-11(14(15)16)10(12)7-9/h5-8,13H,3-4H2,1-2H3. The van der Waals surface area contributed by atoms with E-state index in [2.05, 4.69) is 4.72 Å². The Morgan fingerprint density at radius 2 is 2.11 bits per heavy atom. The van der Waals surface area contributed by atoms with E-state index in [0.29, 0.717) is 12.5 Å². The molecule has 19 heavy (non-hydrogen) atoms. The highest BCUT2D eigenvalue weighted by Gasteiger charge is 2.21. The second-order valence-corrected chi connectivity index (χ2v) is 5.90. The molecule has 8 heteroatoms. The maximum absolute atomic E-state index is 13.4. The van der Waals surface area contributed by atoms with Crippen molar-refractivity contribution in [3.8, 4) is 0 Å². The van der Waals surface area contributed by atoms with Crippen LogP contribution >= 0.6 is 0 Å². The van der Waals surface area contributed by atoms with Crippen LogP contribution in [-0.4, -0.2) is 19.4 Å². The zero-order chi connectivity index (χ0) is 14.6. The Morgan fingerprint density at radius 3 is 2.58 bits per heavy atom. The summed E-state index contributed by atoms with van der Waals surface area (Å²) in [6.07, 6.45) is 1.45. The van der Waals surface area contributed by atoms with Gasteiger partial charge in [-0.3, -0.25) is 10.1 Å². The van der Waals surface area contributed by atoms with E-state index in [1.165, 1.54) is 0 Å². The molecule has 6 nitrogen and oxygen atoms in total. The largest absolute Gasteiger partial charge is 0.304 e. The molecule has 0 aliphatic heterocycles. The fourth-order valence-corrected chi connectivity index (χ4v) is 2.92. The van der Waals surface area contributed by atoms with Gasteiger partial charge >= 0.3 is 5.69 Å². The number of nitro benzene ring substituents is 1. The number of benzene rings is 1. The summed E-state index contributed by atoms with van der Waals surface area (Å²) in [6.45, 7) is 3.61. The van der Waals surface area contributed by atoms with Gasteiger partial charge < -0.3 is 0 Å². The van der Waals surface area contributed by atoms with Crippen LogP contribution in [-0.2, 0) is 10.0 Å². The first-order valence-corrected chi connectivity index (χ1v) is 7.22. The summed E-state index contributed by atoms with van der Waals surface area (Å²) >= 11 is 0. The number of nitrogens with one attached hydrogen (secondary N) is 1. The number of sulfonamides is 1. The van der Waals surface area contributed by atoms with Crippen LogP contribution in [0.1, 0.15) is 26.7 Å². The molecule has 106 valence electrons. The van der Waals surface area contributed by atoms with E-state index < -0.39 is 26.5 Å². The molecular weight excluding hydrogens is 275 g/mol. The number of hydrogen-bond donors (Lipinski definition) is 1. The third kappa shape index (κ3) is 3.97. The number of hydrogen-bond acceptors (Lipinski definition) is 4. The number of halogens is 1. The van der Waals surface area contributed by atoms with Crippen LogP contribution in [0.2, 0.25) is 0 Å². The van der Waals surface area contributed by atoms with Gasteiger partial charge in [0.25, 0.3) is 0 Å². The lowest BCUT2D eigenvalue weighted by molar-refractivity contribution is -0.387. The Morgan fingerprint density at radius 1 is 1.47 bits per heavy atom. The molecule has 1 aromatic carbocycles. The summed E-state index contributed by atoms with van der Waals surface area (Å²) in [5.41, 5.74) is -0.749. The van der Waals surface area contributed by atoms with Crippen molar-refractivity contribution in [2.24, 2.45) is 0 Å². The Balaban J connectivity index is 3.03. The minimum absolute atomic E-state index is 0.284. The lowest BCUT2D eigenvalue weighted by Crippen LogP contribution is -2.32. The molecule has 1 atom stereocenters. The van der Waals surface area contributed by atoms with Gasteiger partial charge in [0.05, 0.1) is 9.82 Å². The summed E-state index contributed by atoms with van der Waals surface area (Å²) in [6, 6.07) is 2.23. The van der Waals surface area contributed by atoms with Crippen LogP contribution in [0.15, 0.2) is 23.1 Å². The van der Waals surface area contributed by atoms with Crippen molar-refractivity contribution in [3.63, 3.8) is 0 Å². The van der Waals surface area contributed by atoms with Crippen LogP contribution in [0.4, 0.5) is 10.1 Å². The van der Waals surface area contributed by atoms with Crippen molar-refractivity contribution < 1.29 is 17.7 Å². The Hall–Kier alpha value is -1.54. The van der Waals surface area contributed by atoms with Crippen LogP contribution in [0.3, 0.4) is 0 Å². The predicted molar refractivity (Wildman–Crippen MR) is 67.7 cm³/mol. The van der Waals surface area contributed by atoms with Crippen LogP contribution in [0.5, 0.6) is 0 Å². The van der Waals surface area contributed by atoms with Gasteiger partial charge in [-0.15, -0.1) is 0 Å². The molecule has 0 amide bonds. The molecule has 0 bridgehead atoms. The minimum atomic E-state index is -3.86.